The summed E-state index contributed by atoms with van der Waals surface area (Å²) in [5.41, 5.74) is 6.48. The summed E-state index contributed by atoms with van der Waals surface area (Å²) < 4.78 is 13.9. The summed E-state index contributed by atoms with van der Waals surface area (Å²) in [6.07, 6.45) is 0. The van der Waals surface area contributed by atoms with E-state index in [1.165, 1.54) is 18.2 Å². The molecule has 0 saturated carbocycles. The van der Waals surface area contributed by atoms with Crippen molar-refractivity contribution in [3.63, 3.8) is 0 Å². The molecule has 7 heteroatoms. The molecule has 25 heavy (non-hydrogen) atoms. The zero-order valence-corrected chi connectivity index (χ0v) is 14.7. The molecule has 0 aliphatic carbocycles. The summed E-state index contributed by atoms with van der Waals surface area (Å²) in [5, 5.41) is 3.11. The second-order valence-corrected chi connectivity index (χ2v) is 6.28. The van der Waals surface area contributed by atoms with Crippen molar-refractivity contribution in [3.8, 4) is 0 Å². The first kappa shape index (κ1) is 18.9. The molecule has 0 radical (unpaired) electrons. The van der Waals surface area contributed by atoms with Gasteiger partial charge in [-0.15, -0.1) is 0 Å². The highest BCUT2D eigenvalue weighted by molar-refractivity contribution is 6.31. The number of hydrogen-bond acceptors (Lipinski definition) is 2. The molecule has 2 rings (SSSR count). The Kier molecular flexibility index (Phi) is 6.12. The Hall–Kier alpha value is -2.44. The molecule has 1 unspecified atom stereocenters. The molecule has 5 nitrogen and oxygen atoms in total. The van der Waals surface area contributed by atoms with Crippen molar-refractivity contribution in [2.45, 2.75) is 19.5 Å². The molecular weight excluding hydrogens is 345 g/mol. The number of nitrogens with one attached hydrogen (secondary N) is 2. The molecule has 0 aliphatic heterocycles. The summed E-state index contributed by atoms with van der Waals surface area (Å²) in [7, 11) is 1.79. The van der Waals surface area contributed by atoms with Crippen LogP contribution in [-0.2, 0) is 11.3 Å². The number of primary amides is 1. The first-order valence-electron chi connectivity index (χ1n) is 7.75. The number of likely N-dealkylation sites (N-methyl/N-ethyl adjacent to an activating group) is 1. The van der Waals surface area contributed by atoms with Crippen molar-refractivity contribution in [2.24, 2.45) is 5.73 Å². The standard InChI is InChI=1S/C18H19ClFN3O2/c1-11(23(2)10-14-15(19)4-3-5-16(14)20)18(25)22-13-8-6-12(7-9-13)17(21)24/h3-9,11H,10H2,1-2H3,(H2,21,24)(H,22,25)/p+1/t11-/m0/s1. The van der Waals surface area contributed by atoms with Crippen LogP contribution >= 0.6 is 11.6 Å². The van der Waals surface area contributed by atoms with Gasteiger partial charge in [0.05, 0.1) is 17.6 Å². The minimum atomic E-state index is -0.530. The quantitative estimate of drug-likeness (QED) is 0.728. The molecule has 0 saturated heterocycles. The lowest BCUT2D eigenvalue weighted by Crippen LogP contribution is -3.12. The first-order valence-corrected chi connectivity index (χ1v) is 8.13. The molecule has 2 aromatic rings. The highest BCUT2D eigenvalue weighted by Gasteiger charge is 2.24. The maximum atomic E-state index is 13.9. The Labute approximate surface area is 150 Å². The summed E-state index contributed by atoms with van der Waals surface area (Å²) in [6.45, 7) is 2.03. The van der Waals surface area contributed by atoms with E-state index in [2.05, 4.69) is 5.32 Å². The van der Waals surface area contributed by atoms with Crippen LogP contribution in [0.3, 0.4) is 0 Å². The van der Waals surface area contributed by atoms with Crippen LogP contribution < -0.4 is 16.0 Å². The lowest BCUT2D eigenvalue weighted by atomic mass is 10.1. The topological polar surface area (TPSA) is 76.6 Å². The third kappa shape index (κ3) is 4.78. The maximum absolute atomic E-state index is 13.9. The SMILES string of the molecule is C[C@@H](C(=O)Nc1ccc(C(N)=O)cc1)[NH+](C)Cc1c(F)cccc1Cl. The van der Waals surface area contributed by atoms with Gasteiger partial charge in [-0.2, -0.15) is 0 Å². The minimum Gasteiger partial charge on any atom is -0.366 e. The molecule has 2 aromatic carbocycles. The van der Waals surface area contributed by atoms with Gasteiger partial charge in [0, 0.05) is 11.3 Å². The van der Waals surface area contributed by atoms with E-state index < -0.39 is 11.9 Å². The Morgan fingerprint density at radius 3 is 2.44 bits per heavy atom. The highest BCUT2D eigenvalue weighted by Crippen LogP contribution is 2.17. The number of halogens is 2. The molecular formula is C18H20ClFN3O2+. The fraction of sp³-hybridized carbons (Fsp3) is 0.222. The van der Waals surface area contributed by atoms with Gasteiger partial charge in [0.1, 0.15) is 12.4 Å². The van der Waals surface area contributed by atoms with Gasteiger partial charge in [-0.1, -0.05) is 17.7 Å². The fourth-order valence-electron chi connectivity index (χ4n) is 2.33. The number of nitrogens with two attached hydrogens (primary N) is 1. The Morgan fingerprint density at radius 2 is 1.88 bits per heavy atom. The number of benzene rings is 2. The fourth-order valence-corrected chi connectivity index (χ4v) is 2.56. The van der Waals surface area contributed by atoms with Gasteiger partial charge < -0.3 is 16.0 Å². The Bertz CT molecular complexity index is 760. The van der Waals surface area contributed by atoms with Crippen molar-refractivity contribution in [3.05, 3.63) is 64.4 Å². The number of rotatable bonds is 6. The van der Waals surface area contributed by atoms with Crippen LogP contribution in [0.25, 0.3) is 0 Å². The molecule has 2 amide bonds. The number of hydrogen-bond donors (Lipinski definition) is 3. The van der Waals surface area contributed by atoms with Gasteiger partial charge >= 0.3 is 0 Å². The van der Waals surface area contributed by atoms with E-state index in [-0.39, 0.29) is 18.3 Å². The van der Waals surface area contributed by atoms with E-state index in [9.17, 15) is 14.0 Å². The van der Waals surface area contributed by atoms with Crippen LogP contribution in [0.1, 0.15) is 22.8 Å². The van der Waals surface area contributed by atoms with Gasteiger partial charge in [0.15, 0.2) is 6.04 Å². The van der Waals surface area contributed by atoms with Crippen LogP contribution in [0.2, 0.25) is 5.02 Å². The minimum absolute atomic E-state index is 0.225. The number of amides is 2. The number of carbonyl (C=O) groups is 2. The predicted octanol–water partition coefficient (Wildman–Crippen LogP) is 1.62. The van der Waals surface area contributed by atoms with Crippen molar-refractivity contribution >= 4 is 29.1 Å². The smallest absolute Gasteiger partial charge is 0.282 e. The third-order valence-electron chi connectivity index (χ3n) is 4.09. The van der Waals surface area contributed by atoms with E-state index in [1.807, 2.05) is 0 Å². The van der Waals surface area contributed by atoms with Crippen molar-refractivity contribution < 1.29 is 18.9 Å². The number of carbonyl (C=O) groups excluding carboxylic acids is 2. The van der Waals surface area contributed by atoms with Crippen LogP contribution in [0.5, 0.6) is 0 Å². The van der Waals surface area contributed by atoms with E-state index in [0.717, 1.165) is 4.90 Å². The first-order chi connectivity index (χ1) is 11.8. The van der Waals surface area contributed by atoms with E-state index in [0.29, 0.717) is 21.8 Å². The molecule has 132 valence electrons. The molecule has 4 N–H and O–H groups in total. The van der Waals surface area contributed by atoms with Crippen molar-refractivity contribution in [1.29, 1.82) is 0 Å². The summed E-state index contributed by atoms with van der Waals surface area (Å²) in [6, 6.07) is 10.4. The van der Waals surface area contributed by atoms with Crippen LogP contribution in [-0.4, -0.2) is 24.9 Å². The average molecular weight is 365 g/mol. The zero-order chi connectivity index (χ0) is 18.6. The Balaban J connectivity index is 2.02. The average Bonchev–Trinajstić information content (AvgIpc) is 2.57. The highest BCUT2D eigenvalue weighted by atomic mass is 35.5. The second-order valence-electron chi connectivity index (χ2n) is 5.88. The normalized spacial score (nSPS) is 13.1. The lowest BCUT2D eigenvalue weighted by Gasteiger charge is -2.22. The Morgan fingerprint density at radius 1 is 1.24 bits per heavy atom. The molecule has 0 fully saturated rings. The van der Waals surface area contributed by atoms with Gasteiger partial charge in [-0.25, -0.2) is 4.39 Å². The zero-order valence-electron chi connectivity index (χ0n) is 14.0. The van der Waals surface area contributed by atoms with E-state index in [4.69, 9.17) is 17.3 Å². The van der Waals surface area contributed by atoms with Gasteiger partial charge in [0.2, 0.25) is 5.91 Å². The van der Waals surface area contributed by atoms with Crippen molar-refractivity contribution in [1.82, 2.24) is 0 Å². The molecule has 2 atom stereocenters. The molecule has 0 bridgehead atoms. The summed E-state index contributed by atoms with van der Waals surface area (Å²) >= 11 is 6.04. The largest absolute Gasteiger partial charge is 0.366 e. The molecule has 0 heterocycles. The second kappa shape index (κ2) is 8.09. The molecule has 0 aliphatic rings. The lowest BCUT2D eigenvalue weighted by molar-refractivity contribution is -0.908. The third-order valence-corrected chi connectivity index (χ3v) is 4.44. The van der Waals surface area contributed by atoms with Gasteiger partial charge in [0.25, 0.3) is 5.91 Å². The monoisotopic (exact) mass is 364 g/mol. The summed E-state index contributed by atoms with van der Waals surface area (Å²) in [5.74, 6) is -1.14. The van der Waals surface area contributed by atoms with Gasteiger partial charge in [-0.05, 0) is 43.3 Å². The van der Waals surface area contributed by atoms with Crippen LogP contribution in [0.15, 0.2) is 42.5 Å². The van der Waals surface area contributed by atoms with Crippen LogP contribution in [0, 0.1) is 5.82 Å². The molecule has 0 spiro atoms. The van der Waals surface area contributed by atoms with E-state index >= 15 is 0 Å². The van der Waals surface area contributed by atoms with E-state index in [1.54, 1.807) is 38.2 Å². The maximum Gasteiger partial charge on any atom is 0.282 e. The number of anilines is 1. The summed E-state index contributed by atoms with van der Waals surface area (Å²) in [4.78, 5) is 24.2. The van der Waals surface area contributed by atoms with Gasteiger partial charge in [-0.3, -0.25) is 9.59 Å². The number of quaternary nitrogens is 1. The van der Waals surface area contributed by atoms with Crippen molar-refractivity contribution in [2.75, 3.05) is 12.4 Å². The van der Waals surface area contributed by atoms with Crippen LogP contribution in [0.4, 0.5) is 10.1 Å². The molecule has 0 aromatic heterocycles. The predicted molar refractivity (Wildman–Crippen MR) is 95.1 cm³/mol.